The molecule has 2 heterocycles. The Labute approximate surface area is 243 Å². The Balaban J connectivity index is 1.72. The van der Waals surface area contributed by atoms with Crippen LogP contribution in [0.4, 0.5) is 0 Å². The van der Waals surface area contributed by atoms with Gasteiger partial charge in [-0.2, -0.15) is 0 Å². The number of carbonyl (C=O) groups is 2. The van der Waals surface area contributed by atoms with E-state index in [0.29, 0.717) is 25.2 Å². The first-order chi connectivity index (χ1) is 19.2. The van der Waals surface area contributed by atoms with Gasteiger partial charge in [0, 0.05) is 5.92 Å². The van der Waals surface area contributed by atoms with Crippen molar-refractivity contribution in [3.8, 4) is 0 Å². The lowest BCUT2D eigenvalue weighted by Crippen LogP contribution is -2.80. The van der Waals surface area contributed by atoms with Crippen molar-refractivity contribution in [1.82, 2.24) is 0 Å². The van der Waals surface area contributed by atoms with Gasteiger partial charge >= 0.3 is 11.9 Å². The zero-order chi connectivity index (χ0) is 30.0. The number of hydrogen-bond acceptors (Lipinski definition) is 10. The number of carbonyl (C=O) groups excluding carboxylic acids is 2. The van der Waals surface area contributed by atoms with Crippen molar-refractivity contribution in [1.29, 1.82) is 0 Å². The molecule has 2 saturated carbocycles. The van der Waals surface area contributed by atoms with Crippen molar-refractivity contribution < 1.29 is 42.5 Å². The highest BCUT2D eigenvalue weighted by atomic mass is 28.4. The second kappa shape index (κ2) is 10.2. The molecule has 0 bridgehead atoms. The molecule has 11 heteroatoms. The summed E-state index contributed by atoms with van der Waals surface area (Å²) < 4.78 is 37.7. The number of ether oxygens (including phenoxy) is 5. The minimum absolute atomic E-state index is 0.236. The molecule has 0 amide bonds. The summed E-state index contributed by atoms with van der Waals surface area (Å²) in [5, 5.41) is 4.19. The smallest absolute Gasteiger partial charge is 0.357 e. The molecule has 1 saturated heterocycles. The maximum atomic E-state index is 14.3. The van der Waals surface area contributed by atoms with Crippen LogP contribution < -0.4 is 0 Å². The molecule has 3 fully saturated rings. The van der Waals surface area contributed by atoms with Crippen molar-refractivity contribution >= 4 is 26.0 Å². The van der Waals surface area contributed by atoms with Crippen LogP contribution in [0.5, 0.6) is 0 Å². The molecule has 0 N–H and O–H groups in total. The standard InChI is InChI=1S/C30H43NO9Si/c1-27(2,3)41(8,9)39-24-23-22(37-28(4,5)38-23)21-19(36-17-18-13-11-10-12-14-18)15-16-20-29(21,25(32)34-6)30(24,40-31-20)26(33)35-7/h10-14,19,21-24H,15-17H2,1-9H3/t19-,21-,22-,23-,24?,29-,30-/m0/s1. The summed E-state index contributed by atoms with van der Waals surface area (Å²) >= 11 is 0. The highest BCUT2D eigenvalue weighted by molar-refractivity contribution is 6.74. The predicted octanol–water partition coefficient (Wildman–Crippen LogP) is 4.36. The van der Waals surface area contributed by atoms with Crippen LogP contribution in [0.2, 0.25) is 18.1 Å². The van der Waals surface area contributed by atoms with E-state index in [1.165, 1.54) is 14.2 Å². The van der Waals surface area contributed by atoms with Crippen LogP contribution in [0, 0.1) is 11.3 Å². The van der Waals surface area contributed by atoms with Gasteiger partial charge in [0.2, 0.25) is 0 Å². The number of hydrogen-bond donors (Lipinski definition) is 0. The second-order valence-electron chi connectivity index (χ2n) is 13.4. The van der Waals surface area contributed by atoms with Crippen LogP contribution >= 0.6 is 0 Å². The summed E-state index contributed by atoms with van der Waals surface area (Å²) in [7, 11) is -0.0334. The van der Waals surface area contributed by atoms with E-state index >= 15 is 0 Å². The number of fused-ring (bicyclic) bond motifs is 2. The molecule has 10 nitrogen and oxygen atoms in total. The van der Waals surface area contributed by atoms with Gasteiger partial charge in [-0.05, 0) is 50.4 Å². The van der Waals surface area contributed by atoms with E-state index in [1.54, 1.807) is 0 Å². The van der Waals surface area contributed by atoms with Crippen molar-refractivity contribution in [2.45, 2.75) is 108 Å². The molecule has 226 valence electrons. The number of oxime groups is 1. The van der Waals surface area contributed by atoms with E-state index < -0.39 is 67.4 Å². The minimum Gasteiger partial charge on any atom is -0.468 e. The fraction of sp³-hybridized carbons (Fsp3) is 0.700. The molecular weight excluding hydrogens is 546 g/mol. The fourth-order valence-electron chi connectivity index (χ4n) is 6.84. The summed E-state index contributed by atoms with van der Waals surface area (Å²) in [6.45, 7) is 14.4. The Morgan fingerprint density at radius 2 is 1.66 bits per heavy atom. The first kappa shape index (κ1) is 30.2. The van der Waals surface area contributed by atoms with E-state index in [0.717, 1.165) is 5.56 Å². The third-order valence-electron chi connectivity index (χ3n) is 9.65. The fourth-order valence-corrected chi connectivity index (χ4v) is 8.13. The van der Waals surface area contributed by atoms with E-state index in [2.05, 4.69) is 39.0 Å². The summed E-state index contributed by atoms with van der Waals surface area (Å²) in [5.41, 5.74) is -2.33. The number of nitrogens with zero attached hydrogens (tertiary/aromatic N) is 1. The Bertz CT molecular complexity index is 1210. The Hall–Kier alpha value is -2.31. The van der Waals surface area contributed by atoms with E-state index in [9.17, 15) is 9.59 Å². The number of esters is 2. The molecule has 7 atom stereocenters. The van der Waals surface area contributed by atoms with E-state index in [4.69, 9.17) is 32.9 Å². The topological polar surface area (TPSA) is 111 Å². The van der Waals surface area contributed by atoms with Crippen molar-refractivity contribution in [2.75, 3.05) is 14.2 Å². The predicted molar refractivity (Wildman–Crippen MR) is 151 cm³/mol. The van der Waals surface area contributed by atoms with Crippen molar-refractivity contribution in [2.24, 2.45) is 16.5 Å². The average Bonchev–Trinajstić information content (AvgIpc) is 3.44. The summed E-state index contributed by atoms with van der Waals surface area (Å²) in [5.74, 6) is -3.20. The third kappa shape index (κ3) is 4.38. The zero-order valence-corrected chi connectivity index (χ0v) is 26.5. The molecule has 1 aromatic rings. The third-order valence-corrected chi connectivity index (χ3v) is 14.1. The maximum Gasteiger partial charge on any atom is 0.357 e. The minimum atomic E-state index is -2.61. The number of rotatable bonds is 7. The summed E-state index contributed by atoms with van der Waals surface area (Å²) in [6, 6.07) is 9.80. The molecular formula is C30H43NO9Si. The lowest BCUT2D eigenvalue weighted by Gasteiger charge is -2.58. The molecule has 5 rings (SSSR count). The number of benzene rings is 1. The second-order valence-corrected chi connectivity index (χ2v) is 18.2. The normalized spacial score (nSPS) is 35.5. The highest BCUT2D eigenvalue weighted by Crippen LogP contribution is 2.64. The van der Waals surface area contributed by atoms with Crippen LogP contribution in [0.3, 0.4) is 0 Å². The molecule has 0 aromatic heterocycles. The molecule has 0 radical (unpaired) electrons. The average molecular weight is 590 g/mol. The molecule has 0 spiro atoms. The van der Waals surface area contributed by atoms with Crippen LogP contribution in [0.25, 0.3) is 0 Å². The highest BCUT2D eigenvalue weighted by Gasteiger charge is 2.86. The Morgan fingerprint density at radius 1 is 1.02 bits per heavy atom. The number of methoxy groups -OCH3 is 2. The molecule has 2 aliphatic heterocycles. The van der Waals surface area contributed by atoms with Gasteiger partial charge in [0.1, 0.15) is 12.2 Å². The monoisotopic (exact) mass is 589 g/mol. The molecule has 1 aromatic carbocycles. The first-order valence-electron chi connectivity index (χ1n) is 14.3. The van der Waals surface area contributed by atoms with Gasteiger partial charge in [0.05, 0.1) is 38.7 Å². The van der Waals surface area contributed by atoms with Gasteiger partial charge < -0.3 is 32.9 Å². The van der Waals surface area contributed by atoms with E-state index in [-0.39, 0.29) is 5.04 Å². The van der Waals surface area contributed by atoms with Gasteiger partial charge in [-0.15, -0.1) is 0 Å². The summed E-state index contributed by atoms with van der Waals surface area (Å²) in [4.78, 5) is 34.7. The van der Waals surface area contributed by atoms with Gasteiger partial charge in [-0.25, -0.2) is 4.79 Å². The van der Waals surface area contributed by atoms with E-state index in [1.807, 2.05) is 44.2 Å². The van der Waals surface area contributed by atoms with Crippen LogP contribution in [0.1, 0.15) is 53.0 Å². The summed E-state index contributed by atoms with van der Waals surface area (Å²) in [6.07, 6.45) is -2.17. The maximum absolute atomic E-state index is 14.3. The van der Waals surface area contributed by atoms with Crippen molar-refractivity contribution in [3.63, 3.8) is 0 Å². The van der Waals surface area contributed by atoms with Gasteiger partial charge in [0.15, 0.2) is 19.5 Å². The van der Waals surface area contributed by atoms with Crippen molar-refractivity contribution in [3.05, 3.63) is 35.9 Å². The zero-order valence-electron chi connectivity index (χ0n) is 25.5. The molecule has 1 unspecified atom stereocenters. The Morgan fingerprint density at radius 3 is 2.27 bits per heavy atom. The Kier molecular flexibility index (Phi) is 7.47. The van der Waals surface area contributed by atoms with Crippen LogP contribution in [0.15, 0.2) is 35.5 Å². The van der Waals surface area contributed by atoms with Crippen LogP contribution in [-0.2, 0) is 49.1 Å². The van der Waals surface area contributed by atoms with Gasteiger partial charge in [-0.3, -0.25) is 4.79 Å². The molecule has 4 aliphatic rings. The quantitative estimate of drug-likeness (QED) is 0.338. The SMILES string of the molecule is COC(=O)[C@@]12C3=NO[C@]1(C(=O)OC)C(O[Si](C)(C)C(C)(C)C)[C@H]1OC(C)(C)O[C@H]1[C@@H]2[C@@H](OCc1ccccc1)CC3. The lowest BCUT2D eigenvalue weighted by atomic mass is 9.48. The first-order valence-corrected chi connectivity index (χ1v) is 17.2. The molecule has 41 heavy (non-hydrogen) atoms. The van der Waals surface area contributed by atoms with Crippen LogP contribution in [-0.4, -0.2) is 76.0 Å². The molecule has 2 aliphatic carbocycles. The van der Waals surface area contributed by atoms with Gasteiger partial charge in [-0.1, -0.05) is 56.3 Å². The lowest BCUT2D eigenvalue weighted by molar-refractivity contribution is -0.256. The van der Waals surface area contributed by atoms with Gasteiger partial charge in [0.25, 0.3) is 5.60 Å². The largest absolute Gasteiger partial charge is 0.468 e.